The summed E-state index contributed by atoms with van der Waals surface area (Å²) >= 11 is 1.29. The summed E-state index contributed by atoms with van der Waals surface area (Å²) in [5.74, 6) is -0.708. The molecule has 5 heteroatoms. The molecule has 2 aromatic rings. The van der Waals surface area contributed by atoms with Gasteiger partial charge in [-0.15, -0.1) is 0 Å². The number of hydrogen-bond acceptors (Lipinski definition) is 5. The lowest BCUT2D eigenvalue weighted by Crippen LogP contribution is -2.10. The fourth-order valence-electron chi connectivity index (χ4n) is 1.40. The van der Waals surface area contributed by atoms with Gasteiger partial charge in [0.05, 0.1) is 11.5 Å². The van der Waals surface area contributed by atoms with Crippen molar-refractivity contribution in [3.63, 3.8) is 0 Å². The van der Waals surface area contributed by atoms with Gasteiger partial charge in [-0.05, 0) is 19.1 Å². The summed E-state index contributed by atoms with van der Waals surface area (Å²) in [6, 6.07) is 10.6. The van der Waals surface area contributed by atoms with E-state index in [2.05, 4.69) is 0 Å². The quantitative estimate of drug-likeness (QED) is 0.803. The van der Waals surface area contributed by atoms with Crippen LogP contribution in [-0.2, 0) is 4.74 Å². The Morgan fingerprint density at radius 2 is 2.05 bits per heavy atom. The van der Waals surface area contributed by atoms with Gasteiger partial charge in [0, 0.05) is 11.0 Å². The monoisotopic (exact) mass is 276 g/mol. The lowest BCUT2D eigenvalue weighted by molar-refractivity contribution is 0.0486. The van der Waals surface area contributed by atoms with Gasteiger partial charge in [-0.2, -0.15) is 0 Å². The maximum absolute atomic E-state index is 11.9. The van der Waals surface area contributed by atoms with Crippen LogP contribution >= 0.6 is 11.8 Å². The summed E-state index contributed by atoms with van der Waals surface area (Å²) < 4.78 is 9.89. The van der Waals surface area contributed by atoms with E-state index in [1.165, 1.54) is 18.0 Å². The summed E-state index contributed by atoms with van der Waals surface area (Å²) in [4.78, 5) is 24.6. The number of benzene rings is 1. The van der Waals surface area contributed by atoms with E-state index < -0.39 is 5.97 Å². The number of hydrogen-bond donors (Lipinski definition) is 0. The van der Waals surface area contributed by atoms with E-state index in [0.717, 1.165) is 11.0 Å². The van der Waals surface area contributed by atoms with Crippen LogP contribution in [0.2, 0.25) is 0 Å². The average Bonchev–Trinajstić information content (AvgIpc) is 2.42. The Labute approximate surface area is 114 Å². The van der Waals surface area contributed by atoms with E-state index in [9.17, 15) is 9.59 Å². The van der Waals surface area contributed by atoms with Crippen LogP contribution < -0.4 is 5.43 Å². The van der Waals surface area contributed by atoms with Crippen molar-refractivity contribution in [1.82, 2.24) is 0 Å². The van der Waals surface area contributed by atoms with Crippen molar-refractivity contribution >= 4 is 17.7 Å². The van der Waals surface area contributed by atoms with Crippen molar-refractivity contribution < 1.29 is 13.9 Å². The Hall–Kier alpha value is -2.01. The van der Waals surface area contributed by atoms with Crippen molar-refractivity contribution in [2.75, 3.05) is 6.61 Å². The summed E-state index contributed by atoms with van der Waals surface area (Å²) in [5.41, 5.74) is -0.261. The van der Waals surface area contributed by atoms with Crippen LogP contribution in [0.15, 0.2) is 61.7 Å². The molecule has 0 aliphatic heterocycles. The van der Waals surface area contributed by atoms with E-state index >= 15 is 0 Å². The zero-order valence-electron chi connectivity index (χ0n) is 10.3. The molecule has 2 rings (SSSR count). The van der Waals surface area contributed by atoms with E-state index in [-0.39, 0.29) is 17.8 Å². The van der Waals surface area contributed by atoms with Crippen molar-refractivity contribution in [3.05, 3.63) is 58.6 Å². The van der Waals surface area contributed by atoms with Crippen molar-refractivity contribution in [2.24, 2.45) is 0 Å². The van der Waals surface area contributed by atoms with Crippen LogP contribution in [0.3, 0.4) is 0 Å². The molecule has 1 aromatic heterocycles. The van der Waals surface area contributed by atoms with Gasteiger partial charge in [-0.1, -0.05) is 30.0 Å². The highest BCUT2D eigenvalue weighted by molar-refractivity contribution is 7.99. The molecular formula is C14H12O4S. The minimum atomic E-state index is -0.629. The van der Waals surface area contributed by atoms with Crippen LogP contribution in [0.4, 0.5) is 0 Å². The van der Waals surface area contributed by atoms with Crippen molar-refractivity contribution in [1.29, 1.82) is 0 Å². The molecule has 0 bridgehead atoms. The SMILES string of the molecule is CCOC(=O)c1cc(=O)c(Sc2ccccc2)co1. The first kappa shape index (κ1) is 13.4. The molecule has 0 aliphatic rings. The Morgan fingerprint density at radius 1 is 1.32 bits per heavy atom. The Kier molecular flexibility index (Phi) is 4.41. The molecule has 19 heavy (non-hydrogen) atoms. The fraction of sp³-hybridized carbons (Fsp3) is 0.143. The topological polar surface area (TPSA) is 56.5 Å². The highest BCUT2D eigenvalue weighted by Gasteiger charge is 2.12. The molecule has 0 unspecified atom stereocenters. The number of carbonyl (C=O) groups is 1. The summed E-state index contributed by atoms with van der Waals surface area (Å²) in [6.45, 7) is 1.93. The predicted molar refractivity (Wildman–Crippen MR) is 71.5 cm³/mol. The van der Waals surface area contributed by atoms with Gasteiger partial charge in [0.1, 0.15) is 6.26 Å². The number of carbonyl (C=O) groups excluding carboxylic acids is 1. The number of ether oxygens (including phenoxy) is 1. The number of esters is 1. The van der Waals surface area contributed by atoms with Crippen LogP contribution in [-0.4, -0.2) is 12.6 Å². The molecule has 98 valence electrons. The van der Waals surface area contributed by atoms with E-state index in [0.29, 0.717) is 4.90 Å². The van der Waals surface area contributed by atoms with Crippen LogP contribution in [0.25, 0.3) is 0 Å². The first-order chi connectivity index (χ1) is 9.20. The largest absolute Gasteiger partial charge is 0.460 e. The van der Waals surface area contributed by atoms with Gasteiger partial charge >= 0.3 is 5.97 Å². The smallest absolute Gasteiger partial charge is 0.374 e. The average molecular weight is 276 g/mol. The first-order valence-electron chi connectivity index (χ1n) is 5.73. The minimum Gasteiger partial charge on any atom is -0.460 e. The lowest BCUT2D eigenvalue weighted by Gasteiger charge is -2.02. The molecule has 0 amide bonds. The van der Waals surface area contributed by atoms with Gasteiger partial charge in [-0.3, -0.25) is 4.79 Å². The normalized spacial score (nSPS) is 10.2. The molecule has 1 aromatic carbocycles. The third kappa shape index (κ3) is 3.48. The zero-order valence-corrected chi connectivity index (χ0v) is 11.1. The minimum absolute atomic E-state index is 0.0794. The number of rotatable bonds is 4. The van der Waals surface area contributed by atoms with Gasteiger partial charge in [0.25, 0.3) is 0 Å². The van der Waals surface area contributed by atoms with Gasteiger partial charge < -0.3 is 9.15 Å². The maximum atomic E-state index is 11.9. The summed E-state index contributed by atoms with van der Waals surface area (Å²) in [7, 11) is 0. The third-order valence-electron chi connectivity index (χ3n) is 2.25. The Morgan fingerprint density at radius 3 is 2.68 bits per heavy atom. The summed E-state index contributed by atoms with van der Waals surface area (Å²) in [5, 5.41) is 0. The van der Waals surface area contributed by atoms with Gasteiger partial charge in [0.15, 0.2) is 5.43 Å². The van der Waals surface area contributed by atoms with Crippen LogP contribution in [0.5, 0.6) is 0 Å². The van der Waals surface area contributed by atoms with Crippen molar-refractivity contribution in [2.45, 2.75) is 16.7 Å². The van der Waals surface area contributed by atoms with E-state index in [4.69, 9.17) is 9.15 Å². The molecule has 0 fully saturated rings. The summed E-state index contributed by atoms with van der Waals surface area (Å²) in [6.07, 6.45) is 1.28. The molecule has 0 aliphatic carbocycles. The molecule has 1 heterocycles. The van der Waals surface area contributed by atoms with E-state index in [1.54, 1.807) is 6.92 Å². The second kappa shape index (κ2) is 6.24. The van der Waals surface area contributed by atoms with Crippen LogP contribution in [0.1, 0.15) is 17.5 Å². The molecular weight excluding hydrogens is 264 g/mol. The molecule has 0 radical (unpaired) electrons. The lowest BCUT2D eigenvalue weighted by atomic mass is 10.4. The highest BCUT2D eigenvalue weighted by Crippen LogP contribution is 2.24. The Balaban J connectivity index is 2.21. The Bertz CT molecular complexity index is 619. The molecule has 0 saturated carbocycles. The standard InChI is InChI=1S/C14H12O4S/c1-2-17-14(16)12-8-11(15)13(9-18-12)19-10-6-4-3-5-7-10/h3-9H,2H2,1H3. The fourth-order valence-corrected chi connectivity index (χ4v) is 2.20. The molecule has 0 atom stereocenters. The molecule has 0 spiro atoms. The van der Waals surface area contributed by atoms with Gasteiger partial charge in [-0.25, -0.2) is 4.79 Å². The van der Waals surface area contributed by atoms with Crippen molar-refractivity contribution in [3.8, 4) is 0 Å². The molecule has 4 nitrogen and oxygen atoms in total. The molecule has 0 saturated heterocycles. The predicted octanol–water partition coefficient (Wildman–Crippen LogP) is 2.97. The van der Waals surface area contributed by atoms with E-state index in [1.807, 2.05) is 30.3 Å². The highest BCUT2D eigenvalue weighted by atomic mass is 32.2. The zero-order chi connectivity index (χ0) is 13.7. The molecule has 0 N–H and O–H groups in total. The second-order valence-corrected chi connectivity index (χ2v) is 4.72. The second-order valence-electron chi connectivity index (χ2n) is 3.61. The first-order valence-corrected chi connectivity index (χ1v) is 6.55. The van der Waals surface area contributed by atoms with Crippen LogP contribution in [0, 0.1) is 0 Å². The van der Waals surface area contributed by atoms with Gasteiger partial charge in [0.2, 0.25) is 5.76 Å². The maximum Gasteiger partial charge on any atom is 0.374 e. The third-order valence-corrected chi connectivity index (χ3v) is 3.27.